The lowest BCUT2D eigenvalue weighted by Gasteiger charge is -2.21. The Bertz CT molecular complexity index is 362. The number of nitrogens with one attached hydrogen (secondary N) is 1. The zero-order chi connectivity index (χ0) is 12.3. The molecule has 0 amide bonds. The molecule has 16 heavy (non-hydrogen) atoms. The van der Waals surface area contributed by atoms with Gasteiger partial charge in [-0.05, 0) is 26.7 Å². The molecule has 0 aliphatic heterocycles. The minimum absolute atomic E-state index is 0.386. The van der Waals surface area contributed by atoms with Gasteiger partial charge in [-0.3, -0.25) is 0 Å². The first-order valence-electron chi connectivity index (χ1n) is 5.83. The molecule has 0 spiro atoms. The van der Waals surface area contributed by atoms with E-state index in [1.807, 2.05) is 13.8 Å². The van der Waals surface area contributed by atoms with Crippen LogP contribution in [0.5, 0.6) is 0 Å². The van der Waals surface area contributed by atoms with Crippen LogP contribution in [0.25, 0.3) is 0 Å². The fraction of sp³-hybridized carbons (Fsp3) is 0.667. The van der Waals surface area contributed by atoms with E-state index in [9.17, 15) is 0 Å². The third kappa shape index (κ3) is 2.84. The number of nitrogen functional groups attached to an aromatic ring is 1. The van der Waals surface area contributed by atoms with Crippen LogP contribution in [0.4, 0.5) is 11.6 Å². The number of aryl methyl sites for hydroxylation is 1. The van der Waals surface area contributed by atoms with Gasteiger partial charge in [0.05, 0.1) is 0 Å². The van der Waals surface area contributed by atoms with Crippen LogP contribution in [0.3, 0.4) is 0 Å². The molecule has 1 aromatic rings. The number of hydrogen-bond acceptors (Lipinski definition) is 4. The zero-order valence-corrected chi connectivity index (χ0v) is 10.8. The molecule has 0 bridgehead atoms. The number of nitrogens with two attached hydrogens (primary N) is 1. The van der Waals surface area contributed by atoms with Crippen molar-refractivity contribution in [2.45, 2.75) is 47.1 Å². The second kappa shape index (κ2) is 5.14. The van der Waals surface area contributed by atoms with E-state index in [1.54, 1.807) is 0 Å². The Hall–Kier alpha value is -1.32. The summed E-state index contributed by atoms with van der Waals surface area (Å²) in [6.07, 6.45) is 1.15. The summed E-state index contributed by atoms with van der Waals surface area (Å²) in [6, 6.07) is 0.386. The summed E-state index contributed by atoms with van der Waals surface area (Å²) < 4.78 is 0. The molecule has 4 heteroatoms. The van der Waals surface area contributed by atoms with Gasteiger partial charge in [-0.1, -0.05) is 20.3 Å². The maximum Gasteiger partial charge on any atom is 0.134 e. The predicted molar refractivity (Wildman–Crippen MR) is 68.5 cm³/mol. The molecule has 0 radical (unpaired) electrons. The monoisotopic (exact) mass is 222 g/mol. The van der Waals surface area contributed by atoms with E-state index >= 15 is 0 Å². The van der Waals surface area contributed by atoms with Crippen LogP contribution in [0, 0.1) is 19.8 Å². The fourth-order valence-electron chi connectivity index (χ4n) is 1.50. The molecular weight excluding hydrogens is 200 g/mol. The number of anilines is 2. The second-order valence-electron chi connectivity index (χ2n) is 4.45. The van der Waals surface area contributed by atoms with Gasteiger partial charge >= 0.3 is 0 Å². The summed E-state index contributed by atoms with van der Waals surface area (Å²) in [6.45, 7) is 10.4. The van der Waals surface area contributed by atoms with Crippen molar-refractivity contribution >= 4 is 11.6 Å². The molecule has 0 aromatic carbocycles. The molecule has 1 aromatic heterocycles. The molecule has 4 nitrogen and oxygen atoms in total. The van der Waals surface area contributed by atoms with Gasteiger partial charge in [-0.2, -0.15) is 0 Å². The normalized spacial score (nSPS) is 14.6. The van der Waals surface area contributed by atoms with E-state index in [0.717, 1.165) is 17.8 Å². The van der Waals surface area contributed by atoms with Crippen molar-refractivity contribution in [2.75, 3.05) is 11.1 Å². The molecule has 2 unspecified atom stereocenters. The predicted octanol–water partition coefficient (Wildman–Crippen LogP) is 2.52. The number of nitrogens with zero attached hydrogens (tertiary/aromatic N) is 2. The highest BCUT2D eigenvalue weighted by Gasteiger charge is 2.13. The lowest BCUT2D eigenvalue weighted by atomic mass is 10.0. The number of aromatic nitrogens is 2. The molecule has 0 aliphatic rings. The molecule has 1 rings (SSSR count). The van der Waals surface area contributed by atoms with Gasteiger partial charge < -0.3 is 11.1 Å². The Morgan fingerprint density at radius 2 is 1.88 bits per heavy atom. The summed E-state index contributed by atoms with van der Waals surface area (Å²) in [5.74, 6) is 2.74. The van der Waals surface area contributed by atoms with Crippen molar-refractivity contribution in [3.63, 3.8) is 0 Å². The topological polar surface area (TPSA) is 63.8 Å². The lowest BCUT2D eigenvalue weighted by Crippen LogP contribution is -2.24. The first kappa shape index (κ1) is 12.7. The maximum absolute atomic E-state index is 5.81. The quantitative estimate of drug-likeness (QED) is 0.821. The number of rotatable bonds is 4. The minimum atomic E-state index is 0.386. The van der Waals surface area contributed by atoms with Crippen molar-refractivity contribution in [1.29, 1.82) is 0 Å². The summed E-state index contributed by atoms with van der Waals surface area (Å²) >= 11 is 0. The molecule has 0 aliphatic carbocycles. The van der Waals surface area contributed by atoms with Gasteiger partial charge in [0.25, 0.3) is 0 Å². The van der Waals surface area contributed by atoms with Crippen LogP contribution in [0.2, 0.25) is 0 Å². The van der Waals surface area contributed by atoms with Gasteiger partial charge in [0, 0.05) is 11.6 Å². The van der Waals surface area contributed by atoms with E-state index in [-0.39, 0.29) is 0 Å². The Labute approximate surface area is 97.7 Å². The summed E-state index contributed by atoms with van der Waals surface area (Å²) in [5, 5.41) is 3.41. The Morgan fingerprint density at radius 1 is 1.25 bits per heavy atom. The molecule has 2 atom stereocenters. The first-order chi connectivity index (χ1) is 7.45. The highest BCUT2D eigenvalue weighted by molar-refractivity contribution is 5.55. The Kier molecular flexibility index (Phi) is 4.10. The summed E-state index contributed by atoms with van der Waals surface area (Å²) in [7, 11) is 0. The van der Waals surface area contributed by atoms with Crippen LogP contribution >= 0.6 is 0 Å². The molecule has 0 saturated carbocycles. The van der Waals surface area contributed by atoms with E-state index in [4.69, 9.17) is 5.73 Å². The van der Waals surface area contributed by atoms with E-state index < -0.39 is 0 Å². The van der Waals surface area contributed by atoms with E-state index in [0.29, 0.717) is 23.6 Å². The number of hydrogen-bond donors (Lipinski definition) is 2. The average Bonchev–Trinajstić information content (AvgIpc) is 2.23. The van der Waals surface area contributed by atoms with Crippen molar-refractivity contribution in [1.82, 2.24) is 9.97 Å². The third-order valence-electron chi connectivity index (χ3n) is 3.16. The van der Waals surface area contributed by atoms with Gasteiger partial charge in [0.1, 0.15) is 17.5 Å². The highest BCUT2D eigenvalue weighted by Crippen LogP contribution is 2.20. The minimum Gasteiger partial charge on any atom is -0.383 e. The second-order valence-corrected chi connectivity index (χ2v) is 4.45. The smallest absolute Gasteiger partial charge is 0.134 e. The van der Waals surface area contributed by atoms with Crippen LogP contribution in [0.15, 0.2) is 0 Å². The zero-order valence-electron chi connectivity index (χ0n) is 10.8. The van der Waals surface area contributed by atoms with Crippen LogP contribution in [0.1, 0.15) is 38.6 Å². The van der Waals surface area contributed by atoms with E-state index in [2.05, 4.69) is 36.1 Å². The van der Waals surface area contributed by atoms with Gasteiger partial charge in [-0.25, -0.2) is 9.97 Å². The molecule has 0 saturated heterocycles. The lowest BCUT2D eigenvalue weighted by molar-refractivity contribution is 0.493. The van der Waals surface area contributed by atoms with Crippen LogP contribution < -0.4 is 11.1 Å². The molecule has 3 N–H and O–H groups in total. The summed E-state index contributed by atoms with van der Waals surface area (Å²) in [5.41, 5.74) is 6.75. The molecule has 90 valence electrons. The Balaban J connectivity index is 2.88. The van der Waals surface area contributed by atoms with Crippen molar-refractivity contribution in [3.05, 3.63) is 11.4 Å². The van der Waals surface area contributed by atoms with Gasteiger partial charge in [0.15, 0.2) is 0 Å². The van der Waals surface area contributed by atoms with E-state index in [1.165, 1.54) is 0 Å². The van der Waals surface area contributed by atoms with Crippen molar-refractivity contribution < 1.29 is 0 Å². The Morgan fingerprint density at radius 3 is 2.44 bits per heavy atom. The average molecular weight is 222 g/mol. The highest BCUT2D eigenvalue weighted by atomic mass is 15.1. The van der Waals surface area contributed by atoms with Crippen molar-refractivity contribution in [3.8, 4) is 0 Å². The third-order valence-corrected chi connectivity index (χ3v) is 3.16. The van der Waals surface area contributed by atoms with Gasteiger partial charge in [0.2, 0.25) is 0 Å². The molecular formula is C12H22N4. The van der Waals surface area contributed by atoms with Crippen molar-refractivity contribution in [2.24, 2.45) is 5.92 Å². The standard InChI is InChI=1S/C12H22N4/c1-6-7(2)9(4)14-12-8(3)11(13)15-10(5)16-12/h7,9H,6H2,1-5H3,(H3,13,14,15,16). The molecule has 0 fully saturated rings. The summed E-state index contributed by atoms with van der Waals surface area (Å²) in [4.78, 5) is 8.52. The SMILES string of the molecule is CCC(C)C(C)Nc1nc(C)nc(N)c1C. The van der Waals surface area contributed by atoms with Gasteiger partial charge in [-0.15, -0.1) is 0 Å². The molecule has 1 heterocycles. The largest absolute Gasteiger partial charge is 0.383 e. The fourth-order valence-corrected chi connectivity index (χ4v) is 1.50. The first-order valence-corrected chi connectivity index (χ1v) is 5.83. The van der Waals surface area contributed by atoms with Crippen LogP contribution in [-0.4, -0.2) is 16.0 Å². The van der Waals surface area contributed by atoms with Crippen LogP contribution in [-0.2, 0) is 0 Å². The maximum atomic E-state index is 5.81.